The Labute approximate surface area is 230 Å². The molecule has 1 amide bonds. The molecule has 0 saturated heterocycles. The lowest BCUT2D eigenvalue weighted by Crippen LogP contribution is -2.34. The monoisotopic (exact) mass is 563 g/mol. The molecular weight excluding hydrogens is 522 g/mol. The Morgan fingerprint density at radius 1 is 1.03 bits per heavy atom. The van der Waals surface area contributed by atoms with Crippen molar-refractivity contribution in [3.05, 3.63) is 69.8 Å². The van der Waals surface area contributed by atoms with Crippen molar-refractivity contribution >= 4 is 32.7 Å². The van der Waals surface area contributed by atoms with E-state index in [1.807, 2.05) is 0 Å². The van der Waals surface area contributed by atoms with Crippen LogP contribution in [-0.2, 0) is 11.3 Å². The fourth-order valence-corrected chi connectivity index (χ4v) is 6.94. The largest absolute Gasteiger partial charge is 0.356 e. The zero-order chi connectivity index (χ0) is 25.8. The summed E-state index contributed by atoms with van der Waals surface area (Å²) in [6, 6.07) is 15.7. The van der Waals surface area contributed by atoms with Crippen LogP contribution in [0.5, 0.6) is 0 Å². The SMILES string of the molecule is Cc1cccc(C(CC(=O)NCC2CCC(N)CC2)c2cn(CC3CCCCC3)c3ccc(Br)cc23)c1. The van der Waals surface area contributed by atoms with E-state index in [0.717, 1.165) is 49.2 Å². The third-order valence-corrected chi connectivity index (χ3v) is 9.24. The second-order valence-electron chi connectivity index (χ2n) is 11.7. The van der Waals surface area contributed by atoms with Crippen molar-refractivity contribution in [2.45, 2.75) is 89.6 Å². The number of rotatable bonds is 8. The second-order valence-corrected chi connectivity index (χ2v) is 12.6. The van der Waals surface area contributed by atoms with E-state index in [0.29, 0.717) is 18.4 Å². The van der Waals surface area contributed by atoms with Crippen molar-refractivity contribution in [1.82, 2.24) is 9.88 Å². The molecule has 2 fully saturated rings. The number of nitrogens with one attached hydrogen (secondary N) is 1. The highest BCUT2D eigenvalue weighted by Crippen LogP contribution is 2.37. The number of benzene rings is 2. The van der Waals surface area contributed by atoms with Crippen LogP contribution in [0, 0.1) is 18.8 Å². The molecule has 2 saturated carbocycles. The highest BCUT2D eigenvalue weighted by molar-refractivity contribution is 9.10. The minimum Gasteiger partial charge on any atom is -0.356 e. The number of carbonyl (C=O) groups excluding carboxylic acids is 1. The molecule has 3 aromatic rings. The Hall–Kier alpha value is -2.11. The summed E-state index contributed by atoms with van der Waals surface area (Å²) >= 11 is 3.72. The molecule has 0 spiro atoms. The van der Waals surface area contributed by atoms with Crippen molar-refractivity contribution in [3.8, 4) is 0 Å². The van der Waals surface area contributed by atoms with Gasteiger partial charge in [-0.1, -0.05) is 65.0 Å². The van der Waals surface area contributed by atoms with Gasteiger partial charge in [-0.15, -0.1) is 0 Å². The molecule has 2 aliphatic rings. The lowest BCUT2D eigenvalue weighted by atomic mass is 9.86. The van der Waals surface area contributed by atoms with Crippen molar-refractivity contribution in [2.75, 3.05) is 6.54 Å². The number of hydrogen-bond acceptors (Lipinski definition) is 2. The van der Waals surface area contributed by atoms with Crippen LogP contribution in [0.3, 0.4) is 0 Å². The second kappa shape index (κ2) is 12.2. The van der Waals surface area contributed by atoms with Crippen LogP contribution in [-0.4, -0.2) is 23.1 Å². The molecule has 3 N–H and O–H groups in total. The first kappa shape index (κ1) is 26.5. The molecule has 198 valence electrons. The maximum Gasteiger partial charge on any atom is 0.220 e. The Kier molecular flexibility index (Phi) is 8.71. The van der Waals surface area contributed by atoms with Crippen LogP contribution in [0.4, 0.5) is 0 Å². The Morgan fingerprint density at radius 2 is 1.81 bits per heavy atom. The van der Waals surface area contributed by atoms with Gasteiger partial charge in [-0.05, 0) is 86.6 Å². The van der Waals surface area contributed by atoms with Crippen molar-refractivity contribution in [3.63, 3.8) is 0 Å². The highest BCUT2D eigenvalue weighted by atomic mass is 79.9. The summed E-state index contributed by atoms with van der Waals surface area (Å²) in [5.74, 6) is 1.45. The van der Waals surface area contributed by atoms with Gasteiger partial charge in [0.1, 0.15) is 0 Å². The number of nitrogens with two attached hydrogens (primary N) is 1. The first-order chi connectivity index (χ1) is 18.0. The normalized spacial score (nSPS) is 21.7. The third kappa shape index (κ3) is 6.67. The van der Waals surface area contributed by atoms with E-state index in [2.05, 4.69) is 81.4 Å². The predicted octanol–water partition coefficient (Wildman–Crippen LogP) is 7.45. The van der Waals surface area contributed by atoms with Crippen molar-refractivity contribution in [2.24, 2.45) is 17.6 Å². The van der Waals surface area contributed by atoms with Gasteiger partial charge in [-0.3, -0.25) is 4.79 Å². The summed E-state index contributed by atoms with van der Waals surface area (Å²) in [6.45, 7) is 3.97. The van der Waals surface area contributed by atoms with Gasteiger partial charge in [-0.25, -0.2) is 0 Å². The van der Waals surface area contributed by atoms with Gasteiger partial charge in [0, 0.05) is 53.0 Å². The fourth-order valence-electron chi connectivity index (χ4n) is 6.58. The molecule has 5 rings (SSSR count). The maximum atomic E-state index is 13.4. The van der Waals surface area contributed by atoms with Gasteiger partial charge in [0.25, 0.3) is 0 Å². The zero-order valence-electron chi connectivity index (χ0n) is 22.2. The van der Waals surface area contributed by atoms with E-state index in [4.69, 9.17) is 5.73 Å². The molecule has 1 heterocycles. The quantitative estimate of drug-likeness (QED) is 0.299. The molecule has 2 aliphatic carbocycles. The number of fused-ring (bicyclic) bond motifs is 1. The molecule has 5 heteroatoms. The van der Waals surface area contributed by atoms with E-state index in [1.54, 1.807) is 0 Å². The molecule has 0 bridgehead atoms. The number of carbonyl (C=O) groups is 1. The zero-order valence-corrected chi connectivity index (χ0v) is 23.8. The average Bonchev–Trinajstić information content (AvgIpc) is 3.24. The molecule has 2 aromatic carbocycles. The molecule has 0 radical (unpaired) electrons. The fraction of sp³-hybridized carbons (Fsp3) is 0.531. The number of aryl methyl sites for hydroxylation is 1. The smallest absolute Gasteiger partial charge is 0.220 e. The number of hydrogen-bond donors (Lipinski definition) is 2. The van der Waals surface area contributed by atoms with Crippen molar-refractivity contribution in [1.29, 1.82) is 0 Å². The maximum absolute atomic E-state index is 13.4. The van der Waals surface area contributed by atoms with E-state index in [9.17, 15) is 4.79 Å². The van der Waals surface area contributed by atoms with Gasteiger partial charge in [0.05, 0.1) is 0 Å². The molecule has 37 heavy (non-hydrogen) atoms. The summed E-state index contributed by atoms with van der Waals surface area (Å²) in [7, 11) is 0. The van der Waals surface area contributed by atoms with Crippen LogP contribution in [0.1, 0.15) is 86.8 Å². The lowest BCUT2D eigenvalue weighted by molar-refractivity contribution is -0.121. The van der Waals surface area contributed by atoms with E-state index >= 15 is 0 Å². The first-order valence-corrected chi connectivity index (χ1v) is 15.1. The van der Waals surface area contributed by atoms with Crippen molar-refractivity contribution < 1.29 is 4.79 Å². The van der Waals surface area contributed by atoms with Crippen LogP contribution in [0.15, 0.2) is 53.1 Å². The molecule has 1 atom stereocenters. The van der Waals surface area contributed by atoms with Crippen LogP contribution >= 0.6 is 15.9 Å². The molecule has 0 aliphatic heterocycles. The molecule has 1 aromatic heterocycles. The molecular formula is C32H42BrN3O. The van der Waals surface area contributed by atoms with Crippen LogP contribution in [0.25, 0.3) is 10.9 Å². The Balaban J connectivity index is 1.43. The van der Waals surface area contributed by atoms with E-state index in [1.165, 1.54) is 59.7 Å². The van der Waals surface area contributed by atoms with Gasteiger partial charge in [0.15, 0.2) is 0 Å². The van der Waals surface area contributed by atoms with Gasteiger partial charge in [0.2, 0.25) is 5.91 Å². The van der Waals surface area contributed by atoms with Crippen LogP contribution < -0.4 is 11.1 Å². The standard InChI is InChI=1S/C32H42BrN3O/c1-22-6-5-9-25(16-22)28(18-32(37)35-19-23-10-13-27(34)14-11-23)30-21-36(20-24-7-3-2-4-8-24)31-15-12-26(33)17-29(30)31/h5-6,9,12,15-17,21,23-24,27-28H,2-4,7-8,10-11,13-14,18-20,34H2,1H3,(H,35,37). The number of amides is 1. The van der Waals surface area contributed by atoms with E-state index in [-0.39, 0.29) is 11.8 Å². The van der Waals surface area contributed by atoms with Gasteiger partial charge >= 0.3 is 0 Å². The number of halogens is 1. The number of nitrogens with zero attached hydrogens (tertiary/aromatic N) is 1. The minimum absolute atomic E-state index is 0.0177. The molecule has 1 unspecified atom stereocenters. The summed E-state index contributed by atoms with van der Waals surface area (Å²) in [4.78, 5) is 13.4. The lowest BCUT2D eigenvalue weighted by Gasteiger charge is -2.26. The summed E-state index contributed by atoms with van der Waals surface area (Å²) < 4.78 is 3.55. The number of aromatic nitrogens is 1. The summed E-state index contributed by atoms with van der Waals surface area (Å²) in [6.07, 6.45) is 13.9. The Morgan fingerprint density at radius 3 is 2.57 bits per heavy atom. The third-order valence-electron chi connectivity index (χ3n) is 8.74. The summed E-state index contributed by atoms with van der Waals surface area (Å²) in [5.41, 5.74) is 11.1. The predicted molar refractivity (Wildman–Crippen MR) is 157 cm³/mol. The topological polar surface area (TPSA) is 60.1 Å². The van der Waals surface area contributed by atoms with E-state index < -0.39 is 0 Å². The van der Waals surface area contributed by atoms with Gasteiger partial charge in [-0.2, -0.15) is 0 Å². The first-order valence-electron chi connectivity index (χ1n) is 14.3. The molecule has 4 nitrogen and oxygen atoms in total. The van der Waals surface area contributed by atoms with Crippen LogP contribution in [0.2, 0.25) is 0 Å². The Bertz CT molecular complexity index is 1200. The highest BCUT2D eigenvalue weighted by Gasteiger charge is 2.25. The average molecular weight is 565 g/mol. The van der Waals surface area contributed by atoms with Gasteiger partial charge < -0.3 is 15.6 Å². The summed E-state index contributed by atoms with van der Waals surface area (Å²) in [5, 5.41) is 4.54. The minimum atomic E-state index is 0.0177.